The summed E-state index contributed by atoms with van der Waals surface area (Å²) in [5.41, 5.74) is 1.16. The molecule has 4 heteroatoms. The first-order valence-corrected chi connectivity index (χ1v) is 7.27. The predicted molar refractivity (Wildman–Crippen MR) is 66.1 cm³/mol. The van der Waals surface area contributed by atoms with Crippen molar-refractivity contribution >= 4 is 15.6 Å². The molecular weight excluding hydrogens is 236 g/mol. The molecule has 0 aliphatic carbocycles. The van der Waals surface area contributed by atoms with Gasteiger partial charge in [-0.3, -0.25) is 4.79 Å². The number of Topliss-reactive ketones (excluding diaryl/α,β-unsaturated/α-hetero) is 1. The van der Waals surface area contributed by atoms with Gasteiger partial charge in [0.1, 0.15) is 0 Å². The van der Waals surface area contributed by atoms with Gasteiger partial charge in [-0.1, -0.05) is 19.9 Å². The van der Waals surface area contributed by atoms with E-state index in [9.17, 15) is 13.2 Å². The monoisotopic (exact) mass is 252 g/mol. The van der Waals surface area contributed by atoms with Crippen LogP contribution in [-0.2, 0) is 15.3 Å². The van der Waals surface area contributed by atoms with Crippen LogP contribution in [-0.4, -0.2) is 20.0 Å². The molecule has 0 saturated heterocycles. The van der Waals surface area contributed by atoms with Crippen molar-refractivity contribution in [2.45, 2.75) is 37.5 Å². The Bertz CT molecular complexity index is 583. The molecule has 1 aliphatic rings. The van der Waals surface area contributed by atoms with E-state index < -0.39 is 9.84 Å². The molecule has 0 N–H and O–H groups in total. The Kier molecular flexibility index (Phi) is 2.65. The molecule has 0 fully saturated rings. The van der Waals surface area contributed by atoms with Crippen molar-refractivity contribution in [1.29, 1.82) is 0 Å². The Hall–Kier alpha value is -1.16. The highest BCUT2D eigenvalue weighted by Gasteiger charge is 2.35. The van der Waals surface area contributed by atoms with Crippen molar-refractivity contribution < 1.29 is 13.2 Å². The molecule has 92 valence electrons. The number of fused-ring (bicyclic) bond motifs is 1. The lowest BCUT2D eigenvalue weighted by molar-refractivity contribution is 0.101. The van der Waals surface area contributed by atoms with E-state index in [1.54, 1.807) is 18.2 Å². The van der Waals surface area contributed by atoms with E-state index in [0.29, 0.717) is 16.9 Å². The summed E-state index contributed by atoms with van der Waals surface area (Å²) in [6.45, 7) is 5.53. The zero-order valence-electron chi connectivity index (χ0n) is 10.3. The van der Waals surface area contributed by atoms with E-state index in [-0.39, 0.29) is 17.0 Å². The van der Waals surface area contributed by atoms with Gasteiger partial charge in [0, 0.05) is 5.56 Å². The van der Waals surface area contributed by atoms with Gasteiger partial charge in [-0.25, -0.2) is 8.42 Å². The maximum absolute atomic E-state index is 12.0. The average molecular weight is 252 g/mol. The molecule has 0 unspecified atom stereocenters. The fraction of sp³-hybridized carbons (Fsp3) is 0.462. The van der Waals surface area contributed by atoms with Crippen LogP contribution in [0.2, 0.25) is 0 Å². The third-order valence-corrected chi connectivity index (χ3v) is 5.21. The van der Waals surface area contributed by atoms with E-state index in [0.717, 1.165) is 5.56 Å². The molecule has 0 aromatic heterocycles. The summed E-state index contributed by atoms with van der Waals surface area (Å²) in [7, 11) is -3.17. The molecular formula is C13H16O3S. The molecule has 0 radical (unpaired) electrons. The van der Waals surface area contributed by atoms with Crippen LogP contribution in [0.25, 0.3) is 0 Å². The summed E-state index contributed by atoms with van der Waals surface area (Å²) < 4.78 is 23.9. The van der Waals surface area contributed by atoms with E-state index in [1.807, 2.05) is 13.8 Å². The third-order valence-electron chi connectivity index (χ3n) is 3.45. The number of ketones is 1. The van der Waals surface area contributed by atoms with Gasteiger partial charge in [-0.15, -0.1) is 0 Å². The van der Waals surface area contributed by atoms with Gasteiger partial charge >= 0.3 is 0 Å². The zero-order chi connectivity index (χ0) is 12.8. The lowest BCUT2D eigenvalue weighted by Gasteiger charge is -2.32. The summed E-state index contributed by atoms with van der Waals surface area (Å²) in [5.74, 6) is 0.151. The molecule has 0 saturated carbocycles. The van der Waals surface area contributed by atoms with Gasteiger partial charge < -0.3 is 0 Å². The minimum Gasteiger partial charge on any atom is -0.295 e. The molecule has 0 bridgehead atoms. The molecule has 1 aliphatic heterocycles. The van der Waals surface area contributed by atoms with Gasteiger partial charge in [0.05, 0.1) is 10.6 Å². The van der Waals surface area contributed by atoms with E-state index in [1.165, 1.54) is 6.92 Å². The Morgan fingerprint density at radius 2 is 1.94 bits per heavy atom. The molecule has 1 aromatic rings. The molecule has 2 rings (SSSR count). The summed E-state index contributed by atoms with van der Waals surface area (Å²) in [4.78, 5) is 11.7. The van der Waals surface area contributed by atoms with E-state index >= 15 is 0 Å². The normalized spacial score (nSPS) is 20.6. The van der Waals surface area contributed by atoms with Gasteiger partial charge in [0.2, 0.25) is 0 Å². The number of hydrogen-bond donors (Lipinski definition) is 0. The molecule has 1 aromatic carbocycles. The lowest BCUT2D eigenvalue weighted by atomic mass is 9.81. The smallest absolute Gasteiger partial charge is 0.178 e. The number of benzene rings is 1. The van der Waals surface area contributed by atoms with Crippen LogP contribution < -0.4 is 0 Å². The Labute approximate surface area is 102 Å². The lowest BCUT2D eigenvalue weighted by Crippen LogP contribution is -2.30. The minimum absolute atomic E-state index is 0.0356. The number of carbonyl (C=O) groups is 1. The van der Waals surface area contributed by atoms with E-state index in [2.05, 4.69) is 0 Å². The minimum atomic E-state index is -3.17. The van der Waals surface area contributed by atoms with Gasteiger partial charge in [-0.2, -0.15) is 0 Å². The highest BCUT2D eigenvalue weighted by atomic mass is 32.2. The first-order valence-electron chi connectivity index (χ1n) is 5.62. The van der Waals surface area contributed by atoms with Crippen LogP contribution in [0.1, 0.15) is 43.1 Å². The predicted octanol–water partition coefficient (Wildman–Crippen LogP) is 2.34. The van der Waals surface area contributed by atoms with E-state index in [4.69, 9.17) is 0 Å². The fourth-order valence-electron chi connectivity index (χ4n) is 2.18. The molecule has 0 spiro atoms. The van der Waals surface area contributed by atoms with Crippen molar-refractivity contribution in [3.05, 3.63) is 29.3 Å². The molecule has 1 heterocycles. The Balaban J connectivity index is 2.73. The SMILES string of the molecule is CC(=O)c1ccc2c(c1)C(C)(C)CCS2(=O)=O. The second-order valence-corrected chi connectivity index (χ2v) is 7.30. The van der Waals surface area contributed by atoms with Gasteiger partial charge in [0.25, 0.3) is 0 Å². The van der Waals surface area contributed by atoms with Crippen LogP contribution >= 0.6 is 0 Å². The van der Waals surface area contributed by atoms with Gasteiger partial charge in [-0.05, 0) is 36.5 Å². The Morgan fingerprint density at radius 3 is 2.53 bits per heavy atom. The quantitative estimate of drug-likeness (QED) is 0.721. The van der Waals surface area contributed by atoms with Crippen molar-refractivity contribution in [1.82, 2.24) is 0 Å². The maximum Gasteiger partial charge on any atom is 0.178 e. The second-order valence-electron chi connectivity index (χ2n) is 5.22. The third kappa shape index (κ3) is 2.02. The molecule has 0 amide bonds. The highest BCUT2D eigenvalue weighted by molar-refractivity contribution is 7.91. The van der Waals surface area contributed by atoms with Crippen molar-refractivity contribution in [3.8, 4) is 0 Å². The maximum atomic E-state index is 12.0. The number of carbonyl (C=O) groups excluding carboxylic acids is 1. The Morgan fingerprint density at radius 1 is 1.29 bits per heavy atom. The first kappa shape index (κ1) is 12.3. The van der Waals surface area contributed by atoms with Crippen LogP contribution in [0.15, 0.2) is 23.1 Å². The average Bonchev–Trinajstić information content (AvgIpc) is 2.24. The van der Waals surface area contributed by atoms with Crippen molar-refractivity contribution in [2.75, 3.05) is 5.75 Å². The van der Waals surface area contributed by atoms with Gasteiger partial charge in [0.15, 0.2) is 15.6 Å². The summed E-state index contributed by atoms with van der Waals surface area (Å²) >= 11 is 0. The van der Waals surface area contributed by atoms with Crippen LogP contribution in [0, 0.1) is 0 Å². The largest absolute Gasteiger partial charge is 0.295 e. The molecule has 3 nitrogen and oxygen atoms in total. The summed E-state index contributed by atoms with van der Waals surface area (Å²) in [5, 5.41) is 0. The summed E-state index contributed by atoms with van der Waals surface area (Å²) in [6, 6.07) is 4.90. The highest BCUT2D eigenvalue weighted by Crippen LogP contribution is 2.38. The zero-order valence-corrected chi connectivity index (χ0v) is 11.1. The summed E-state index contributed by atoms with van der Waals surface area (Å²) in [6.07, 6.45) is 0.601. The fourth-order valence-corrected chi connectivity index (χ4v) is 4.13. The first-order chi connectivity index (χ1) is 7.74. The van der Waals surface area contributed by atoms with Crippen LogP contribution in [0.4, 0.5) is 0 Å². The van der Waals surface area contributed by atoms with Crippen molar-refractivity contribution in [3.63, 3.8) is 0 Å². The number of rotatable bonds is 1. The van der Waals surface area contributed by atoms with Crippen molar-refractivity contribution in [2.24, 2.45) is 0 Å². The number of hydrogen-bond acceptors (Lipinski definition) is 3. The molecule has 0 atom stereocenters. The van der Waals surface area contributed by atoms with Crippen LogP contribution in [0.3, 0.4) is 0 Å². The topological polar surface area (TPSA) is 51.2 Å². The second kappa shape index (κ2) is 3.67. The van der Waals surface area contributed by atoms with Crippen LogP contribution in [0.5, 0.6) is 0 Å². The standard InChI is InChI=1S/C13H16O3S/c1-9(14)10-4-5-12-11(8-10)13(2,3)6-7-17(12,15)16/h4-5,8H,6-7H2,1-3H3. The molecule has 17 heavy (non-hydrogen) atoms. The number of sulfone groups is 1.